The molecule has 0 aromatic carbocycles. The Morgan fingerprint density at radius 1 is 1.77 bits per heavy atom. The predicted octanol–water partition coefficient (Wildman–Crippen LogP) is 1.72. The van der Waals surface area contributed by atoms with Gasteiger partial charge >= 0.3 is 6.09 Å². The maximum absolute atomic E-state index is 11.1. The molecule has 0 saturated carbocycles. The summed E-state index contributed by atoms with van der Waals surface area (Å²) in [6.45, 7) is 2.29. The molecule has 0 heterocycles. The molecule has 0 aliphatic rings. The third-order valence-corrected chi connectivity index (χ3v) is 1.38. The molecule has 0 unspecified atom stereocenters. The quantitative estimate of drug-likeness (QED) is 0.653. The lowest BCUT2D eigenvalue weighted by atomic mass is 10.5. The highest BCUT2D eigenvalue weighted by Gasteiger charge is 2.11. The highest BCUT2D eigenvalue weighted by atomic mass is 35.5. The van der Waals surface area contributed by atoms with Gasteiger partial charge in [0.25, 0.3) is 0 Å². The van der Waals surface area contributed by atoms with Gasteiger partial charge in [-0.2, -0.15) is 5.26 Å². The Hall–Kier alpha value is -1.21. The van der Waals surface area contributed by atoms with Gasteiger partial charge in [0.1, 0.15) is 6.54 Å². The average molecular weight is 203 g/mol. The number of amides is 1. The van der Waals surface area contributed by atoms with Crippen molar-refractivity contribution in [1.82, 2.24) is 4.90 Å². The molecule has 0 radical (unpaired) electrons. The molecule has 0 aliphatic carbocycles. The second-order valence-electron chi connectivity index (χ2n) is 2.10. The summed E-state index contributed by atoms with van der Waals surface area (Å²) in [6.07, 6.45) is 1.06. The Kier molecular flexibility index (Phi) is 6.75. The lowest BCUT2D eigenvalue weighted by Gasteiger charge is -2.16. The highest BCUT2D eigenvalue weighted by Crippen LogP contribution is 1.94. The van der Waals surface area contributed by atoms with Gasteiger partial charge in [0.15, 0.2) is 0 Å². The molecule has 4 nitrogen and oxygen atoms in total. The predicted molar refractivity (Wildman–Crippen MR) is 49.2 cm³/mol. The number of hydrogen-bond donors (Lipinski definition) is 0. The smallest absolute Gasteiger partial charge is 0.410 e. The molecule has 0 aromatic heterocycles. The van der Waals surface area contributed by atoms with Crippen LogP contribution in [-0.2, 0) is 4.74 Å². The van der Waals surface area contributed by atoms with E-state index in [4.69, 9.17) is 21.6 Å². The fourth-order valence-electron chi connectivity index (χ4n) is 0.671. The molecule has 13 heavy (non-hydrogen) atoms. The summed E-state index contributed by atoms with van der Waals surface area (Å²) >= 11 is 5.29. The first-order chi connectivity index (χ1) is 6.26. The Bertz CT molecular complexity index is 223. The molecule has 72 valence electrons. The van der Waals surface area contributed by atoms with Crippen LogP contribution in [0.5, 0.6) is 0 Å². The van der Waals surface area contributed by atoms with E-state index in [-0.39, 0.29) is 13.1 Å². The van der Waals surface area contributed by atoms with Crippen molar-refractivity contribution in [3.63, 3.8) is 0 Å². The highest BCUT2D eigenvalue weighted by molar-refractivity contribution is 6.25. The fraction of sp³-hybridized carbons (Fsp3) is 0.500. The molecule has 1 amide bonds. The van der Waals surface area contributed by atoms with E-state index in [1.165, 1.54) is 10.4 Å². The summed E-state index contributed by atoms with van der Waals surface area (Å²) < 4.78 is 4.71. The molecule has 0 aromatic rings. The van der Waals surface area contributed by atoms with Gasteiger partial charge < -0.3 is 4.74 Å². The first-order valence-corrected chi connectivity index (χ1v) is 4.23. The van der Waals surface area contributed by atoms with E-state index in [1.54, 1.807) is 13.0 Å². The number of carbonyl (C=O) groups is 1. The van der Waals surface area contributed by atoms with Gasteiger partial charge in [0.2, 0.25) is 0 Å². The molecular formula is C8H11ClN2O2. The van der Waals surface area contributed by atoms with E-state index in [2.05, 4.69) is 0 Å². The van der Waals surface area contributed by atoms with Crippen molar-refractivity contribution >= 4 is 17.7 Å². The summed E-state index contributed by atoms with van der Waals surface area (Å²) in [5.74, 6) is 0. The Labute approximate surface area is 82.3 Å². The van der Waals surface area contributed by atoms with Crippen molar-refractivity contribution in [2.24, 2.45) is 0 Å². The lowest BCUT2D eigenvalue weighted by Crippen LogP contribution is -2.32. The number of hydrogen-bond acceptors (Lipinski definition) is 3. The first-order valence-electron chi connectivity index (χ1n) is 3.80. The normalized spacial score (nSPS) is 9.62. The van der Waals surface area contributed by atoms with Gasteiger partial charge in [-0.3, -0.25) is 4.90 Å². The van der Waals surface area contributed by atoms with Crippen molar-refractivity contribution in [1.29, 1.82) is 5.26 Å². The summed E-state index contributed by atoms with van der Waals surface area (Å²) in [7, 11) is 0. The second-order valence-corrected chi connectivity index (χ2v) is 2.35. The van der Waals surface area contributed by atoms with Crippen LogP contribution in [0.2, 0.25) is 0 Å². The molecule has 0 saturated heterocycles. The van der Waals surface area contributed by atoms with Crippen LogP contribution in [-0.4, -0.2) is 30.7 Å². The number of nitrogens with zero attached hydrogens (tertiary/aromatic N) is 2. The maximum Gasteiger partial charge on any atom is 0.410 e. The zero-order valence-electron chi connectivity index (χ0n) is 7.36. The molecule has 5 heteroatoms. The number of halogens is 1. The van der Waals surface area contributed by atoms with Crippen LogP contribution in [0.25, 0.3) is 0 Å². The van der Waals surface area contributed by atoms with E-state index in [0.717, 1.165) is 0 Å². The van der Waals surface area contributed by atoms with Crippen molar-refractivity contribution < 1.29 is 9.53 Å². The summed E-state index contributed by atoms with van der Waals surface area (Å²) in [6, 6.07) is 1.86. The Morgan fingerprint density at radius 2 is 2.46 bits per heavy atom. The molecule has 0 spiro atoms. The fourth-order valence-corrected chi connectivity index (χ4v) is 0.751. The maximum atomic E-state index is 11.1. The van der Waals surface area contributed by atoms with Crippen molar-refractivity contribution in [2.75, 3.05) is 19.7 Å². The van der Waals surface area contributed by atoms with E-state index in [0.29, 0.717) is 6.61 Å². The van der Waals surface area contributed by atoms with Crippen LogP contribution >= 0.6 is 11.6 Å². The van der Waals surface area contributed by atoms with Crippen molar-refractivity contribution in [2.45, 2.75) is 6.92 Å². The van der Waals surface area contributed by atoms with Crippen LogP contribution in [0.3, 0.4) is 0 Å². The molecule has 0 bridgehead atoms. The van der Waals surface area contributed by atoms with Crippen molar-refractivity contribution in [3.8, 4) is 6.07 Å². The SMILES string of the molecule is CCOC(=O)N(CC#N)C/C=C\Cl. The largest absolute Gasteiger partial charge is 0.450 e. The number of ether oxygens (including phenoxy) is 1. The molecular weight excluding hydrogens is 192 g/mol. The Balaban J connectivity index is 4.07. The van der Waals surface area contributed by atoms with Gasteiger partial charge in [-0.15, -0.1) is 0 Å². The summed E-state index contributed by atoms with van der Waals surface area (Å²) in [5.41, 5.74) is 1.30. The third kappa shape index (κ3) is 5.10. The van der Waals surface area contributed by atoms with Gasteiger partial charge in [0.05, 0.1) is 12.7 Å². The van der Waals surface area contributed by atoms with Crippen LogP contribution in [0.1, 0.15) is 6.92 Å². The van der Waals surface area contributed by atoms with Gasteiger partial charge in [-0.1, -0.05) is 17.7 Å². The topological polar surface area (TPSA) is 53.3 Å². The van der Waals surface area contributed by atoms with Crippen LogP contribution in [0.4, 0.5) is 4.79 Å². The van der Waals surface area contributed by atoms with E-state index in [9.17, 15) is 4.79 Å². The van der Waals surface area contributed by atoms with Gasteiger partial charge in [-0.05, 0) is 6.92 Å². The van der Waals surface area contributed by atoms with Gasteiger partial charge in [-0.25, -0.2) is 4.79 Å². The zero-order chi connectivity index (χ0) is 10.1. The van der Waals surface area contributed by atoms with Crippen molar-refractivity contribution in [3.05, 3.63) is 11.6 Å². The zero-order valence-corrected chi connectivity index (χ0v) is 8.12. The van der Waals surface area contributed by atoms with Gasteiger partial charge in [0, 0.05) is 12.1 Å². The standard InChI is InChI=1S/C8H11ClN2O2/c1-2-13-8(12)11(7-5-10)6-3-4-9/h3-4H,2,6-7H2,1H3/b4-3-. The molecule has 0 fully saturated rings. The summed E-state index contributed by atoms with van der Waals surface area (Å²) in [5, 5.41) is 8.40. The third-order valence-electron chi connectivity index (χ3n) is 1.20. The van der Waals surface area contributed by atoms with E-state index >= 15 is 0 Å². The van der Waals surface area contributed by atoms with Crippen LogP contribution in [0, 0.1) is 11.3 Å². The lowest BCUT2D eigenvalue weighted by molar-refractivity contribution is 0.116. The minimum atomic E-state index is -0.501. The Morgan fingerprint density at radius 3 is 2.92 bits per heavy atom. The van der Waals surface area contributed by atoms with E-state index < -0.39 is 6.09 Å². The molecule has 0 N–H and O–H groups in total. The first kappa shape index (κ1) is 11.8. The summed E-state index contributed by atoms with van der Waals surface area (Å²) in [4.78, 5) is 12.4. The second kappa shape index (κ2) is 7.44. The number of nitriles is 1. The number of rotatable bonds is 4. The average Bonchev–Trinajstić information content (AvgIpc) is 2.12. The molecule has 0 atom stereocenters. The number of carbonyl (C=O) groups excluding carboxylic acids is 1. The van der Waals surface area contributed by atoms with Crippen LogP contribution < -0.4 is 0 Å². The van der Waals surface area contributed by atoms with E-state index in [1.807, 2.05) is 6.07 Å². The molecule has 0 aliphatic heterocycles. The minimum Gasteiger partial charge on any atom is -0.450 e. The molecule has 0 rings (SSSR count). The van der Waals surface area contributed by atoms with Crippen LogP contribution in [0.15, 0.2) is 11.6 Å². The minimum absolute atomic E-state index is 0.0000617. The monoisotopic (exact) mass is 202 g/mol.